The SMILES string of the molecule is O=S(=O)([O-])c1ccc(Nc2ccc(Nc3ccc(SOO[O-])c4cccc(S(=O)(=O)[O-])c34)nn2)c2c(SOO[O-])cccc12.[Na+].[Na+].[Na+].[Na+]. The van der Waals surface area contributed by atoms with Crippen molar-refractivity contribution in [3.8, 4) is 0 Å². The standard InChI is InChI=1S/C24H18N4O12S4.4Na/c29-37-39-41-17-9-7-16(24-13(17)3-2-6-20(24)44(34,35)36)26-22-12-11-21(27-28-22)25-15-8-10-19(43(31,32)33)14-4-1-5-18(23(14)15)42-40-38-30;;;;/h1-12,29-30H,(H,25,27)(H,26,28)(H,31,32,33)(H,34,35,36);;;;/q;4*+1/p-4. The van der Waals surface area contributed by atoms with Crippen molar-refractivity contribution < 1.29 is 173 Å². The van der Waals surface area contributed by atoms with Crippen molar-refractivity contribution in [3.63, 3.8) is 0 Å². The van der Waals surface area contributed by atoms with Crippen LogP contribution in [0.5, 0.6) is 0 Å². The molecule has 48 heavy (non-hydrogen) atoms. The number of hydrogen-bond acceptors (Lipinski definition) is 18. The largest absolute Gasteiger partial charge is 1.00 e. The van der Waals surface area contributed by atoms with Gasteiger partial charge in [0.2, 0.25) is 0 Å². The molecule has 5 aromatic rings. The summed E-state index contributed by atoms with van der Waals surface area (Å²) in [5.74, 6) is 0.286. The van der Waals surface area contributed by atoms with Gasteiger partial charge in [-0.3, -0.25) is 10.1 Å². The second-order valence-corrected chi connectivity index (χ2v) is 12.7. The molecule has 0 saturated heterocycles. The quantitative estimate of drug-likeness (QED) is 0.0393. The third kappa shape index (κ3) is 11.2. The molecular weight excluding hydrogens is 757 g/mol. The van der Waals surface area contributed by atoms with Crippen LogP contribution in [0.15, 0.2) is 92.4 Å². The molecule has 230 valence electrons. The molecule has 0 fully saturated rings. The van der Waals surface area contributed by atoms with Gasteiger partial charge in [0.15, 0.2) is 11.6 Å². The summed E-state index contributed by atoms with van der Waals surface area (Å²) in [6.07, 6.45) is 0. The average molecular weight is 771 g/mol. The number of hydrogen-bond donors (Lipinski definition) is 2. The molecule has 0 bridgehead atoms. The Morgan fingerprint density at radius 2 is 1.06 bits per heavy atom. The summed E-state index contributed by atoms with van der Waals surface area (Å²) in [6, 6.07) is 16.7. The molecule has 4 aromatic carbocycles. The summed E-state index contributed by atoms with van der Waals surface area (Å²) < 4.78 is 80.4. The van der Waals surface area contributed by atoms with E-state index in [0.717, 1.165) is 12.1 Å². The molecule has 1 aromatic heterocycles. The van der Waals surface area contributed by atoms with Gasteiger partial charge >= 0.3 is 118 Å². The second kappa shape index (κ2) is 20.6. The number of nitrogens with one attached hydrogen (secondary N) is 2. The van der Waals surface area contributed by atoms with Gasteiger partial charge in [0.1, 0.15) is 20.2 Å². The normalized spacial score (nSPS) is 11.1. The van der Waals surface area contributed by atoms with Crippen LogP contribution in [0, 0.1) is 0 Å². The summed E-state index contributed by atoms with van der Waals surface area (Å²) in [5.41, 5.74) is 0.439. The molecular formula is C24H14N4Na4O12S4. The molecule has 0 radical (unpaired) electrons. The molecule has 5 rings (SSSR count). The summed E-state index contributed by atoms with van der Waals surface area (Å²) >= 11 is 1.01. The first-order chi connectivity index (χ1) is 21.0. The second-order valence-electron chi connectivity index (χ2n) is 8.48. The van der Waals surface area contributed by atoms with Crippen LogP contribution < -0.4 is 139 Å². The van der Waals surface area contributed by atoms with Gasteiger partial charge in [0, 0.05) is 42.7 Å². The fourth-order valence-electron chi connectivity index (χ4n) is 4.31. The summed E-state index contributed by atoms with van der Waals surface area (Å²) in [6.45, 7) is 0. The zero-order valence-electron chi connectivity index (χ0n) is 25.4. The number of aromatic nitrogens is 2. The Balaban J connectivity index is 0.00000288. The molecule has 0 unspecified atom stereocenters. The first-order valence-electron chi connectivity index (χ1n) is 11.7. The number of anilines is 4. The van der Waals surface area contributed by atoms with Gasteiger partial charge < -0.3 is 30.3 Å². The Morgan fingerprint density at radius 3 is 1.60 bits per heavy atom. The van der Waals surface area contributed by atoms with Gasteiger partial charge in [-0.15, -0.1) is 10.2 Å². The smallest absolute Gasteiger partial charge is 0.744 e. The van der Waals surface area contributed by atoms with Crippen molar-refractivity contribution in [2.24, 2.45) is 0 Å². The third-order valence-corrected chi connectivity index (χ3v) is 9.03. The van der Waals surface area contributed by atoms with Crippen LogP contribution in [-0.2, 0) is 39.0 Å². The van der Waals surface area contributed by atoms with Gasteiger partial charge in [0.05, 0.1) is 33.9 Å². The van der Waals surface area contributed by atoms with Crippen molar-refractivity contribution >= 4 is 88.9 Å². The molecule has 0 aliphatic heterocycles. The molecule has 1 heterocycles. The fraction of sp³-hybridized carbons (Fsp3) is 0. The van der Waals surface area contributed by atoms with Crippen molar-refractivity contribution in [2.45, 2.75) is 19.6 Å². The molecule has 0 aliphatic carbocycles. The summed E-state index contributed by atoms with van der Waals surface area (Å²) in [4.78, 5) is -0.519. The maximum atomic E-state index is 12.0. The van der Waals surface area contributed by atoms with Crippen LogP contribution in [0.3, 0.4) is 0 Å². The van der Waals surface area contributed by atoms with E-state index >= 15 is 0 Å². The van der Waals surface area contributed by atoms with E-state index in [1.807, 2.05) is 0 Å². The number of nitrogens with zero attached hydrogens (tertiary/aromatic N) is 2. The molecule has 0 saturated carbocycles. The summed E-state index contributed by atoms with van der Waals surface area (Å²) in [5, 5.41) is 42.0. The predicted molar refractivity (Wildman–Crippen MR) is 148 cm³/mol. The molecule has 0 spiro atoms. The van der Waals surface area contributed by atoms with Crippen molar-refractivity contribution in [2.75, 3.05) is 10.6 Å². The molecule has 2 N–H and O–H groups in total. The number of benzene rings is 4. The number of rotatable bonds is 12. The van der Waals surface area contributed by atoms with E-state index in [2.05, 4.69) is 39.6 Å². The minimum absolute atomic E-state index is 0. The van der Waals surface area contributed by atoms with Gasteiger partial charge in [-0.2, -0.15) is 8.67 Å². The average Bonchev–Trinajstić information content (AvgIpc) is 2.99. The molecule has 24 heteroatoms. The van der Waals surface area contributed by atoms with Gasteiger partial charge in [-0.1, -0.05) is 24.3 Å². The maximum Gasteiger partial charge on any atom is 1.00 e. The van der Waals surface area contributed by atoms with E-state index in [4.69, 9.17) is 0 Å². The predicted octanol–water partition coefficient (Wildman–Crippen LogP) is -9.44. The minimum atomic E-state index is -4.93. The van der Waals surface area contributed by atoms with Crippen LogP contribution in [0.25, 0.3) is 21.5 Å². The maximum absolute atomic E-state index is 12.0. The zero-order valence-corrected chi connectivity index (χ0v) is 36.6. The van der Waals surface area contributed by atoms with E-state index in [9.17, 15) is 36.5 Å². The zero-order chi connectivity index (χ0) is 31.5. The molecule has 0 atom stereocenters. The third-order valence-electron chi connectivity index (χ3n) is 5.96. The van der Waals surface area contributed by atoms with Gasteiger partial charge in [0.25, 0.3) is 0 Å². The van der Waals surface area contributed by atoms with E-state index in [1.165, 1.54) is 60.7 Å². The molecule has 0 amide bonds. The van der Waals surface area contributed by atoms with E-state index in [1.54, 1.807) is 0 Å². The first-order valence-corrected chi connectivity index (χ1v) is 16.0. The van der Waals surface area contributed by atoms with E-state index in [-0.39, 0.29) is 173 Å². The van der Waals surface area contributed by atoms with Crippen LogP contribution in [0.2, 0.25) is 0 Å². The molecule has 0 aliphatic rings. The van der Waals surface area contributed by atoms with Crippen molar-refractivity contribution in [1.29, 1.82) is 0 Å². The monoisotopic (exact) mass is 770 g/mol. The Labute approximate surface area is 370 Å². The Kier molecular flexibility index (Phi) is 19.9. The summed E-state index contributed by atoms with van der Waals surface area (Å²) in [7, 11) is -9.80. The van der Waals surface area contributed by atoms with Crippen LogP contribution >= 0.6 is 24.1 Å². The van der Waals surface area contributed by atoms with E-state index < -0.39 is 30.0 Å². The minimum Gasteiger partial charge on any atom is -0.744 e. The molecule has 16 nitrogen and oxygen atoms in total. The topological polar surface area (TPSA) is 247 Å². The Hall–Kier alpha value is 0.360. The van der Waals surface area contributed by atoms with Crippen LogP contribution in [0.1, 0.15) is 0 Å². The number of fused-ring (bicyclic) bond motifs is 2. The van der Waals surface area contributed by atoms with Crippen molar-refractivity contribution in [1.82, 2.24) is 10.2 Å². The Morgan fingerprint density at radius 1 is 0.562 bits per heavy atom. The van der Waals surface area contributed by atoms with Crippen LogP contribution in [0.4, 0.5) is 23.0 Å². The first kappa shape index (κ1) is 46.4. The Bertz CT molecular complexity index is 2080. The van der Waals surface area contributed by atoms with E-state index in [0.29, 0.717) is 24.1 Å². The van der Waals surface area contributed by atoms with Crippen LogP contribution in [-0.4, -0.2) is 36.1 Å². The fourth-order valence-corrected chi connectivity index (χ4v) is 6.72. The van der Waals surface area contributed by atoms with Gasteiger partial charge in [-0.25, -0.2) is 16.8 Å². The van der Waals surface area contributed by atoms with Gasteiger partial charge in [-0.05, 0) is 48.5 Å². The van der Waals surface area contributed by atoms with Crippen molar-refractivity contribution in [3.05, 3.63) is 72.8 Å².